The summed E-state index contributed by atoms with van der Waals surface area (Å²) in [4.78, 5) is 7.23. The number of halogens is 2. The van der Waals surface area contributed by atoms with Crippen LogP contribution in [0.25, 0.3) is 11.3 Å². The molecule has 0 spiro atoms. The van der Waals surface area contributed by atoms with Crippen molar-refractivity contribution in [2.75, 3.05) is 6.54 Å². The number of rotatable bonds is 6. The van der Waals surface area contributed by atoms with Gasteiger partial charge in [-0.15, -0.1) is 0 Å². The second kappa shape index (κ2) is 6.80. The third-order valence-corrected chi connectivity index (χ3v) is 3.48. The molecule has 0 saturated carbocycles. The molecule has 1 atom stereocenters. The molecule has 0 radical (unpaired) electrons. The van der Waals surface area contributed by atoms with E-state index in [1.165, 1.54) is 24.4 Å². The molecule has 5 heteroatoms. The van der Waals surface area contributed by atoms with Crippen molar-refractivity contribution in [3.05, 3.63) is 41.9 Å². The highest BCUT2D eigenvalue weighted by Crippen LogP contribution is 2.25. The van der Waals surface area contributed by atoms with Crippen molar-refractivity contribution in [1.82, 2.24) is 9.97 Å². The van der Waals surface area contributed by atoms with E-state index in [1.54, 1.807) is 0 Å². The van der Waals surface area contributed by atoms with Crippen LogP contribution in [0, 0.1) is 23.5 Å². The van der Waals surface area contributed by atoms with Gasteiger partial charge in [0.25, 0.3) is 0 Å². The van der Waals surface area contributed by atoms with Crippen molar-refractivity contribution in [1.29, 1.82) is 0 Å². The molecule has 3 nitrogen and oxygen atoms in total. The van der Waals surface area contributed by atoms with Gasteiger partial charge in [-0.3, -0.25) is 0 Å². The monoisotopic (exact) mass is 293 g/mol. The van der Waals surface area contributed by atoms with Crippen LogP contribution in [0.5, 0.6) is 0 Å². The Morgan fingerprint density at radius 3 is 2.48 bits per heavy atom. The van der Waals surface area contributed by atoms with Gasteiger partial charge < -0.3 is 10.7 Å². The number of hydrogen-bond donors (Lipinski definition) is 2. The molecule has 1 aromatic heterocycles. The van der Waals surface area contributed by atoms with Crippen LogP contribution < -0.4 is 5.73 Å². The Morgan fingerprint density at radius 1 is 1.24 bits per heavy atom. The molecule has 2 rings (SSSR count). The molecule has 0 fully saturated rings. The van der Waals surface area contributed by atoms with Gasteiger partial charge >= 0.3 is 0 Å². The molecule has 3 N–H and O–H groups in total. The van der Waals surface area contributed by atoms with E-state index < -0.39 is 11.6 Å². The van der Waals surface area contributed by atoms with Crippen molar-refractivity contribution < 1.29 is 8.78 Å². The van der Waals surface area contributed by atoms with E-state index in [4.69, 9.17) is 5.73 Å². The summed E-state index contributed by atoms with van der Waals surface area (Å²) >= 11 is 0. The van der Waals surface area contributed by atoms with Gasteiger partial charge in [0.1, 0.15) is 17.5 Å². The van der Waals surface area contributed by atoms with Gasteiger partial charge in [-0.25, -0.2) is 13.8 Å². The molecule has 114 valence electrons. The maximum absolute atomic E-state index is 13.7. The fraction of sp³-hybridized carbons (Fsp3) is 0.438. The molecule has 1 heterocycles. The van der Waals surface area contributed by atoms with E-state index in [0.29, 0.717) is 36.3 Å². The molecule has 0 saturated heterocycles. The van der Waals surface area contributed by atoms with E-state index in [0.717, 1.165) is 6.42 Å². The highest BCUT2D eigenvalue weighted by atomic mass is 19.1. The van der Waals surface area contributed by atoms with Gasteiger partial charge in [0.05, 0.1) is 17.5 Å². The summed E-state index contributed by atoms with van der Waals surface area (Å²) in [5.74, 6) is 0.390. The van der Waals surface area contributed by atoms with Gasteiger partial charge in [0.2, 0.25) is 0 Å². The van der Waals surface area contributed by atoms with Crippen molar-refractivity contribution in [3.63, 3.8) is 0 Å². The predicted octanol–water partition coefficient (Wildman–Crippen LogP) is 3.52. The average molecular weight is 293 g/mol. The average Bonchev–Trinajstić information content (AvgIpc) is 2.85. The summed E-state index contributed by atoms with van der Waals surface area (Å²) < 4.78 is 27.5. The third kappa shape index (κ3) is 3.88. The molecule has 0 aliphatic rings. The number of nitrogens with zero attached hydrogens (tertiary/aromatic N) is 1. The first kappa shape index (κ1) is 15.6. The normalized spacial score (nSPS) is 12.9. The zero-order chi connectivity index (χ0) is 15.4. The molecule has 0 bridgehead atoms. The minimum atomic E-state index is -0.595. The molecule has 2 aromatic rings. The smallest absolute Gasteiger partial charge is 0.135 e. The van der Waals surface area contributed by atoms with Crippen molar-refractivity contribution in [2.24, 2.45) is 17.6 Å². The van der Waals surface area contributed by atoms with Crippen LogP contribution in [-0.4, -0.2) is 16.5 Å². The van der Waals surface area contributed by atoms with E-state index in [-0.39, 0.29) is 5.56 Å². The summed E-state index contributed by atoms with van der Waals surface area (Å²) in [6.07, 6.45) is 3.16. The minimum Gasteiger partial charge on any atom is -0.342 e. The number of nitrogens with two attached hydrogens (primary N) is 1. The summed E-state index contributed by atoms with van der Waals surface area (Å²) in [5.41, 5.74) is 6.07. The van der Waals surface area contributed by atoms with Gasteiger partial charge in [-0.1, -0.05) is 19.9 Å². The Kier molecular flexibility index (Phi) is 5.07. The molecule has 0 amide bonds. The zero-order valence-electron chi connectivity index (χ0n) is 12.4. The molecule has 0 aliphatic heterocycles. The maximum atomic E-state index is 13.7. The molecule has 21 heavy (non-hydrogen) atoms. The van der Waals surface area contributed by atoms with Gasteiger partial charge in [0.15, 0.2) is 0 Å². The SMILES string of the molecule is CC(C)CC(CN)Cc1ncc(-c2c(F)cccc2F)[nH]1. The Hall–Kier alpha value is -1.75. The van der Waals surface area contributed by atoms with Crippen LogP contribution >= 0.6 is 0 Å². The summed E-state index contributed by atoms with van der Waals surface area (Å²) in [5, 5.41) is 0. The highest BCUT2D eigenvalue weighted by molar-refractivity contribution is 5.60. The Balaban J connectivity index is 2.18. The summed E-state index contributed by atoms with van der Waals surface area (Å²) in [6.45, 7) is 4.86. The first-order valence-electron chi connectivity index (χ1n) is 7.19. The number of aromatic amines is 1. The van der Waals surface area contributed by atoms with Crippen molar-refractivity contribution in [2.45, 2.75) is 26.7 Å². The summed E-state index contributed by atoms with van der Waals surface area (Å²) in [7, 11) is 0. The van der Waals surface area contributed by atoms with Crippen LogP contribution in [0.4, 0.5) is 8.78 Å². The maximum Gasteiger partial charge on any atom is 0.135 e. The first-order chi connectivity index (χ1) is 10.0. The van der Waals surface area contributed by atoms with Crippen LogP contribution in [-0.2, 0) is 6.42 Å². The van der Waals surface area contributed by atoms with Gasteiger partial charge in [-0.05, 0) is 36.9 Å². The molecule has 0 aliphatic carbocycles. The van der Waals surface area contributed by atoms with Crippen molar-refractivity contribution in [3.8, 4) is 11.3 Å². The van der Waals surface area contributed by atoms with Crippen LogP contribution in [0.1, 0.15) is 26.1 Å². The predicted molar refractivity (Wildman–Crippen MR) is 79.6 cm³/mol. The zero-order valence-corrected chi connectivity index (χ0v) is 12.4. The fourth-order valence-corrected chi connectivity index (χ4v) is 2.55. The molecule has 1 unspecified atom stereocenters. The second-order valence-electron chi connectivity index (χ2n) is 5.78. The van der Waals surface area contributed by atoms with Crippen LogP contribution in [0.3, 0.4) is 0 Å². The second-order valence-corrected chi connectivity index (χ2v) is 5.78. The van der Waals surface area contributed by atoms with Crippen LogP contribution in [0.15, 0.2) is 24.4 Å². The Bertz CT molecular complexity index is 573. The van der Waals surface area contributed by atoms with E-state index in [2.05, 4.69) is 23.8 Å². The van der Waals surface area contributed by atoms with E-state index in [1.807, 2.05) is 0 Å². The topological polar surface area (TPSA) is 54.7 Å². The molecular weight excluding hydrogens is 272 g/mol. The van der Waals surface area contributed by atoms with E-state index in [9.17, 15) is 8.78 Å². The Morgan fingerprint density at radius 2 is 1.90 bits per heavy atom. The highest BCUT2D eigenvalue weighted by Gasteiger charge is 2.16. The standard InChI is InChI=1S/C16H21F2N3/c1-10(2)6-11(8-19)7-15-20-9-14(21-15)16-12(17)4-3-5-13(16)18/h3-5,9-11H,6-8,19H2,1-2H3,(H,20,21). The van der Waals surface area contributed by atoms with Crippen LogP contribution in [0.2, 0.25) is 0 Å². The third-order valence-electron chi connectivity index (χ3n) is 3.48. The minimum absolute atomic E-state index is 0.0654. The molecular formula is C16H21F2N3. The number of nitrogens with one attached hydrogen (secondary N) is 1. The number of H-pyrrole nitrogens is 1. The number of benzene rings is 1. The largest absolute Gasteiger partial charge is 0.342 e. The Labute approximate surface area is 123 Å². The summed E-state index contributed by atoms with van der Waals surface area (Å²) in [6, 6.07) is 3.82. The van der Waals surface area contributed by atoms with Crippen molar-refractivity contribution >= 4 is 0 Å². The number of imidazole rings is 1. The lowest BCUT2D eigenvalue weighted by Crippen LogP contribution is -2.19. The fourth-order valence-electron chi connectivity index (χ4n) is 2.55. The van der Waals surface area contributed by atoms with E-state index >= 15 is 0 Å². The quantitative estimate of drug-likeness (QED) is 0.856. The lowest BCUT2D eigenvalue weighted by atomic mass is 9.94. The number of aromatic nitrogens is 2. The lowest BCUT2D eigenvalue weighted by Gasteiger charge is -2.15. The first-order valence-corrected chi connectivity index (χ1v) is 7.19. The lowest BCUT2D eigenvalue weighted by molar-refractivity contribution is 0.409. The molecule has 1 aromatic carbocycles. The van der Waals surface area contributed by atoms with Gasteiger partial charge in [-0.2, -0.15) is 0 Å². The number of hydrogen-bond acceptors (Lipinski definition) is 2. The van der Waals surface area contributed by atoms with Gasteiger partial charge in [0, 0.05) is 6.42 Å².